The van der Waals surface area contributed by atoms with Crippen LogP contribution in [0.4, 0.5) is 8.78 Å². The standard InChI is InChI=1S/C12H17F2NO3S/c1-12(2,5-6-16)8-15-19(17,18)11-4-3-9(13)7-10(11)14/h3-4,7,15-16H,5-6,8H2,1-2H3. The van der Waals surface area contributed by atoms with Crippen molar-refractivity contribution in [3.8, 4) is 0 Å². The number of hydrogen-bond donors (Lipinski definition) is 2. The second-order valence-electron chi connectivity index (χ2n) is 5.04. The van der Waals surface area contributed by atoms with E-state index in [0.717, 1.165) is 12.1 Å². The van der Waals surface area contributed by atoms with E-state index in [9.17, 15) is 17.2 Å². The molecule has 0 fully saturated rings. The van der Waals surface area contributed by atoms with Crippen LogP contribution in [0.2, 0.25) is 0 Å². The fourth-order valence-corrected chi connectivity index (χ4v) is 2.75. The quantitative estimate of drug-likeness (QED) is 0.838. The van der Waals surface area contributed by atoms with Gasteiger partial charge in [-0.05, 0) is 24.0 Å². The highest BCUT2D eigenvalue weighted by Crippen LogP contribution is 2.20. The Balaban J connectivity index is 2.87. The first-order valence-corrected chi connectivity index (χ1v) is 7.22. The van der Waals surface area contributed by atoms with E-state index in [2.05, 4.69) is 4.72 Å². The molecule has 19 heavy (non-hydrogen) atoms. The summed E-state index contributed by atoms with van der Waals surface area (Å²) in [5.74, 6) is -1.97. The molecule has 0 amide bonds. The van der Waals surface area contributed by atoms with Gasteiger partial charge in [-0.3, -0.25) is 0 Å². The van der Waals surface area contributed by atoms with E-state index in [1.807, 2.05) is 0 Å². The molecule has 0 aromatic heterocycles. The van der Waals surface area contributed by atoms with Gasteiger partial charge in [0, 0.05) is 19.2 Å². The molecule has 0 heterocycles. The lowest BCUT2D eigenvalue weighted by Gasteiger charge is -2.23. The lowest BCUT2D eigenvalue weighted by molar-refractivity contribution is 0.213. The number of aliphatic hydroxyl groups is 1. The summed E-state index contributed by atoms with van der Waals surface area (Å²) in [5.41, 5.74) is -0.460. The van der Waals surface area contributed by atoms with Crippen molar-refractivity contribution >= 4 is 10.0 Å². The number of hydrogen-bond acceptors (Lipinski definition) is 3. The lowest BCUT2D eigenvalue weighted by Crippen LogP contribution is -2.35. The number of benzene rings is 1. The minimum Gasteiger partial charge on any atom is -0.396 e. The molecule has 0 radical (unpaired) electrons. The molecule has 0 atom stereocenters. The average Bonchev–Trinajstić information content (AvgIpc) is 2.26. The average molecular weight is 293 g/mol. The normalized spacial score (nSPS) is 12.7. The van der Waals surface area contributed by atoms with Crippen molar-refractivity contribution in [3.63, 3.8) is 0 Å². The third kappa shape index (κ3) is 4.52. The van der Waals surface area contributed by atoms with Crippen LogP contribution in [0.25, 0.3) is 0 Å². The zero-order valence-electron chi connectivity index (χ0n) is 10.8. The Morgan fingerprint density at radius 1 is 1.32 bits per heavy atom. The molecule has 4 nitrogen and oxygen atoms in total. The van der Waals surface area contributed by atoms with Crippen LogP contribution < -0.4 is 4.72 Å². The van der Waals surface area contributed by atoms with Gasteiger partial charge in [0.2, 0.25) is 10.0 Å². The van der Waals surface area contributed by atoms with Crippen LogP contribution in [0.5, 0.6) is 0 Å². The topological polar surface area (TPSA) is 66.4 Å². The summed E-state index contributed by atoms with van der Waals surface area (Å²) in [6, 6.07) is 2.29. The molecule has 7 heteroatoms. The Morgan fingerprint density at radius 3 is 2.47 bits per heavy atom. The molecule has 1 aromatic carbocycles. The minimum atomic E-state index is -4.03. The first-order valence-electron chi connectivity index (χ1n) is 5.73. The molecular formula is C12H17F2NO3S. The predicted octanol–water partition coefficient (Wildman–Crippen LogP) is 1.65. The first-order chi connectivity index (χ1) is 8.68. The van der Waals surface area contributed by atoms with Gasteiger partial charge in [0.25, 0.3) is 0 Å². The van der Waals surface area contributed by atoms with Crippen LogP contribution in [0.15, 0.2) is 23.1 Å². The summed E-state index contributed by atoms with van der Waals surface area (Å²) < 4.78 is 52.2. The van der Waals surface area contributed by atoms with Crippen molar-refractivity contribution in [2.24, 2.45) is 5.41 Å². The van der Waals surface area contributed by atoms with Crippen molar-refractivity contribution in [2.45, 2.75) is 25.2 Å². The molecule has 0 saturated carbocycles. The third-order valence-corrected chi connectivity index (χ3v) is 4.15. The molecule has 0 saturated heterocycles. The van der Waals surface area contributed by atoms with Crippen molar-refractivity contribution in [1.29, 1.82) is 0 Å². The molecule has 1 aromatic rings. The summed E-state index contributed by atoms with van der Waals surface area (Å²) in [6.45, 7) is 3.52. The van der Waals surface area contributed by atoms with Crippen molar-refractivity contribution < 1.29 is 22.3 Å². The van der Waals surface area contributed by atoms with Gasteiger partial charge in [0.15, 0.2) is 0 Å². The van der Waals surface area contributed by atoms with E-state index >= 15 is 0 Å². The molecule has 0 unspecified atom stereocenters. The molecule has 0 aliphatic heterocycles. The SMILES string of the molecule is CC(C)(CCO)CNS(=O)(=O)c1ccc(F)cc1F. The van der Waals surface area contributed by atoms with Gasteiger partial charge in [0.05, 0.1) is 0 Å². The van der Waals surface area contributed by atoms with Crippen molar-refractivity contribution in [2.75, 3.05) is 13.2 Å². The molecule has 0 aliphatic carbocycles. The maximum Gasteiger partial charge on any atom is 0.243 e. The summed E-state index contributed by atoms with van der Waals surface area (Å²) >= 11 is 0. The Morgan fingerprint density at radius 2 is 1.95 bits per heavy atom. The Labute approximate surface area is 111 Å². The summed E-state index contributed by atoms with van der Waals surface area (Å²) in [6.07, 6.45) is 0.404. The van der Waals surface area contributed by atoms with Gasteiger partial charge in [-0.15, -0.1) is 0 Å². The molecule has 0 aliphatic rings. The van der Waals surface area contributed by atoms with Gasteiger partial charge in [-0.25, -0.2) is 21.9 Å². The summed E-state index contributed by atoms with van der Waals surface area (Å²) in [5, 5.41) is 8.84. The number of aliphatic hydroxyl groups excluding tert-OH is 1. The fraction of sp³-hybridized carbons (Fsp3) is 0.500. The van der Waals surface area contributed by atoms with E-state index in [1.165, 1.54) is 0 Å². The zero-order valence-corrected chi connectivity index (χ0v) is 11.6. The van der Waals surface area contributed by atoms with Gasteiger partial charge in [-0.1, -0.05) is 13.8 Å². The lowest BCUT2D eigenvalue weighted by atomic mass is 9.90. The van der Waals surface area contributed by atoms with Crippen LogP contribution in [0, 0.1) is 17.0 Å². The molecule has 0 bridgehead atoms. The maximum absolute atomic E-state index is 13.4. The van der Waals surface area contributed by atoms with E-state index in [0.29, 0.717) is 12.5 Å². The second kappa shape index (κ2) is 5.94. The van der Waals surface area contributed by atoms with Crippen LogP contribution in [0.3, 0.4) is 0 Å². The van der Waals surface area contributed by atoms with E-state index in [-0.39, 0.29) is 13.2 Å². The first kappa shape index (κ1) is 16.0. The highest BCUT2D eigenvalue weighted by Gasteiger charge is 2.24. The Hall–Kier alpha value is -1.05. The molecule has 2 N–H and O–H groups in total. The van der Waals surface area contributed by atoms with Crippen LogP contribution >= 0.6 is 0 Å². The Bertz CT molecular complexity index is 544. The van der Waals surface area contributed by atoms with E-state index in [1.54, 1.807) is 13.8 Å². The minimum absolute atomic E-state index is 0.0483. The molecule has 1 rings (SSSR count). The summed E-state index contributed by atoms with van der Waals surface area (Å²) in [7, 11) is -4.03. The number of sulfonamides is 1. The van der Waals surface area contributed by atoms with Crippen molar-refractivity contribution in [3.05, 3.63) is 29.8 Å². The van der Waals surface area contributed by atoms with Gasteiger partial charge >= 0.3 is 0 Å². The largest absolute Gasteiger partial charge is 0.396 e. The van der Waals surface area contributed by atoms with Gasteiger partial charge in [0.1, 0.15) is 16.5 Å². The predicted molar refractivity (Wildman–Crippen MR) is 67.0 cm³/mol. The zero-order chi connectivity index (χ0) is 14.7. The number of halogens is 2. The second-order valence-corrected chi connectivity index (χ2v) is 6.77. The molecular weight excluding hydrogens is 276 g/mol. The smallest absolute Gasteiger partial charge is 0.243 e. The van der Waals surface area contributed by atoms with E-state index < -0.39 is 32.0 Å². The van der Waals surface area contributed by atoms with Crippen LogP contribution in [0.1, 0.15) is 20.3 Å². The maximum atomic E-state index is 13.4. The Kier molecular flexibility index (Phi) is 5.00. The van der Waals surface area contributed by atoms with Gasteiger partial charge < -0.3 is 5.11 Å². The number of nitrogens with one attached hydrogen (secondary N) is 1. The molecule has 108 valence electrons. The van der Waals surface area contributed by atoms with Crippen LogP contribution in [-0.4, -0.2) is 26.7 Å². The number of rotatable bonds is 6. The molecule has 0 spiro atoms. The third-order valence-electron chi connectivity index (χ3n) is 2.71. The van der Waals surface area contributed by atoms with Crippen molar-refractivity contribution in [1.82, 2.24) is 4.72 Å². The monoisotopic (exact) mass is 293 g/mol. The van der Waals surface area contributed by atoms with Crippen LogP contribution in [-0.2, 0) is 10.0 Å². The summed E-state index contributed by atoms with van der Waals surface area (Å²) in [4.78, 5) is -0.589. The van der Waals surface area contributed by atoms with E-state index in [4.69, 9.17) is 5.11 Å². The fourth-order valence-electron chi connectivity index (χ4n) is 1.45. The highest BCUT2D eigenvalue weighted by molar-refractivity contribution is 7.89. The highest BCUT2D eigenvalue weighted by atomic mass is 32.2. The van der Waals surface area contributed by atoms with Gasteiger partial charge in [-0.2, -0.15) is 0 Å².